The molecule has 0 spiro atoms. The number of nitrogens with zero attached hydrogens (tertiary/aromatic N) is 4. The molecule has 2 saturated carbocycles. The lowest BCUT2D eigenvalue weighted by Crippen LogP contribution is -2.50. The molecule has 2 amide bonds. The number of rotatable bonds is 8. The van der Waals surface area contributed by atoms with Crippen molar-refractivity contribution in [3.05, 3.63) is 47.0 Å². The Morgan fingerprint density at radius 1 is 0.921 bits per heavy atom. The molecule has 1 N–H and O–H groups in total. The van der Waals surface area contributed by atoms with Gasteiger partial charge in [-0.25, -0.2) is 18.2 Å². The molecule has 0 atom stereocenters. The molecule has 3 aliphatic rings. The lowest BCUT2D eigenvalue weighted by molar-refractivity contribution is 0.114. The van der Waals surface area contributed by atoms with Crippen LogP contribution in [0, 0.1) is 0 Å². The topological polar surface area (TPSA) is 85.9 Å². The third-order valence-corrected chi connectivity index (χ3v) is 11.0. The summed E-state index contributed by atoms with van der Waals surface area (Å²) in [5.74, 6) is 0.0461. The van der Waals surface area contributed by atoms with E-state index in [2.05, 4.69) is 20.1 Å². The molecule has 8 nitrogen and oxygen atoms in total. The molecule has 0 unspecified atom stereocenters. The fourth-order valence-corrected chi connectivity index (χ4v) is 8.57. The fourth-order valence-electron chi connectivity index (χ4n) is 6.20. The van der Waals surface area contributed by atoms with Crippen LogP contribution in [0.4, 0.5) is 9.93 Å². The van der Waals surface area contributed by atoms with Crippen LogP contribution in [0.1, 0.15) is 74.6 Å². The Morgan fingerprint density at radius 2 is 1.53 bits per heavy atom. The minimum atomic E-state index is -3.32. The van der Waals surface area contributed by atoms with Gasteiger partial charge < -0.3 is 4.90 Å². The first-order valence-corrected chi connectivity index (χ1v) is 16.7. The number of aromatic nitrogens is 1. The highest BCUT2D eigenvalue weighted by Crippen LogP contribution is 2.31. The van der Waals surface area contributed by atoms with Gasteiger partial charge >= 0.3 is 6.03 Å². The Hall–Kier alpha value is -2.01. The Labute approximate surface area is 231 Å². The van der Waals surface area contributed by atoms with Crippen molar-refractivity contribution in [1.82, 2.24) is 19.1 Å². The lowest BCUT2D eigenvalue weighted by Gasteiger charge is -2.41. The number of amides is 2. The minimum Gasteiger partial charge on any atom is -0.319 e. The van der Waals surface area contributed by atoms with Gasteiger partial charge in [0, 0.05) is 55.9 Å². The van der Waals surface area contributed by atoms with Crippen molar-refractivity contribution in [2.24, 2.45) is 0 Å². The summed E-state index contributed by atoms with van der Waals surface area (Å²) >= 11 is 1.53. The molecule has 1 aromatic heterocycles. The first-order valence-electron chi connectivity index (χ1n) is 14.3. The van der Waals surface area contributed by atoms with Crippen LogP contribution in [-0.2, 0) is 22.3 Å². The van der Waals surface area contributed by atoms with Crippen LogP contribution in [0.2, 0.25) is 0 Å². The smallest absolute Gasteiger partial charge is 0.319 e. The van der Waals surface area contributed by atoms with Crippen LogP contribution in [-0.4, -0.2) is 71.8 Å². The van der Waals surface area contributed by atoms with Crippen molar-refractivity contribution < 1.29 is 13.2 Å². The molecule has 2 aliphatic carbocycles. The predicted molar refractivity (Wildman–Crippen MR) is 153 cm³/mol. The van der Waals surface area contributed by atoms with E-state index in [0.717, 1.165) is 42.7 Å². The highest BCUT2D eigenvalue weighted by Gasteiger charge is 2.33. The molecular formula is C28H41N5O3S2. The number of piperazine rings is 1. The Balaban J connectivity index is 1.13. The molecular weight excluding hydrogens is 518 g/mol. The van der Waals surface area contributed by atoms with Gasteiger partial charge in [-0.15, -0.1) is 11.3 Å². The van der Waals surface area contributed by atoms with Gasteiger partial charge in [-0.1, -0.05) is 68.9 Å². The molecule has 3 fully saturated rings. The second-order valence-corrected chi connectivity index (χ2v) is 14.1. The van der Waals surface area contributed by atoms with Crippen molar-refractivity contribution in [1.29, 1.82) is 0 Å². The van der Waals surface area contributed by atoms with E-state index in [4.69, 9.17) is 0 Å². The summed E-state index contributed by atoms with van der Waals surface area (Å²) in [5, 5.41) is 3.79. The lowest BCUT2D eigenvalue weighted by atomic mass is 9.89. The van der Waals surface area contributed by atoms with Crippen molar-refractivity contribution >= 4 is 32.5 Å². The van der Waals surface area contributed by atoms with Crippen molar-refractivity contribution in [3.8, 4) is 0 Å². The van der Waals surface area contributed by atoms with Gasteiger partial charge in [-0.2, -0.15) is 4.31 Å². The molecule has 2 aromatic rings. The molecule has 10 heteroatoms. The number of benzene rings is 1. The van der Waals surface area contributed by atoms with Gasteiger partial charge in [0.1, 0.15) is 0 Å². The molecule has 5 rings (SSSR count). The van der Waals surface area contributed by atoms with Gasteiger partial charge in [0.25, 0.3) is 0 Å². The van der Waals surface area contributed by atoms with E-state index >= 15 is 0 Å². The summed E-state index contributed by atoms with van der Waals surface area (Å²) in [6.45, 7) is 3.08. The molecule has 1 aliphatic heterocycles. The zero-order valence-corrected chi connectivity index (χ0v) is 23.9. The van der Waals surface area contributed by atoms with Crippen molar-refractivity contribution in [2.45, 2.75) is 88.6 Å². The van der Waals surface area contributed by atoms with Gasteiger partial charge in [-0.3, -0.25) is 10.2 Å². The molecule has 0 radical (unpaired) electrons. The quantitative estimate of drug-likeness (QED) is 0.475. The number of carbonyl (C=O) groups is 1. The molecule has 0 bridgehead atoms. The Bertz CT molecular complexity index is 1120. The Kier molecular flexibility index (Phi) is 9.35. The second kappa shape index (κ2) is 12.9. The minimum absolute atomic E-state index is 0.0157. The third kappa shape index (κ3) is 7.14. The average molecular weight is 560 g/mol. The van der Waals surface area contributed by atoms with Crippen LogP contribution in [0.25, 0.3) is 0 Å². The first-order chi connectivity index (χ1) is 18.5. The number of hydrogen-bond donors (Lipinski definition) is 1. The summed E-state index contributed by atoms with van der Waals surface area (Å²) in [6, 6.07) is 10.1. The first kappa shape index (κ1) is 27.6. The number of anilines is 1. The predicted octanol–water partition coefficient (Wildman–Crippen LogP) is 5.29. The van der Waals surface area contributed by atoms with E-state index in [1.54, 1.807) is 4.31 Å². The maximum atomic E-state index is 13.5. The summed E-state index contributed by atoms with van der Waals surface area (Å²) in [6.07, 6.45) is 13.7. The van der Waals surface area contributed by atoms with Crippen molar-refractivity contribution in [2.75, 3.05) is 31.5 Å². The number of hydrogen-bond acceptors (Lipinski definition) is 6. The Morgan fingerprint density at radius 3 is 2.13 bits per heavy atom. The van der Waals surface area contributed by atoms with E-state index in [9.17, 15) is 13.2 Å². The van der Waals surface area contributed by atoms with Gasteiger partial charge in [0.05, 0.1) is 5.75 Å². The van der Waals surface area contributed by atoms with E-state index in [1.807, 2.05) is 36.5 Å². The standard InChI is InChI=1S/C28H41N5O3S2/c34-28(33(24-12-6-2-7-13-24)25-14-8-3-9-15-25)30-27-29-20-26(37-27)21-31-16-18-32(19-17-31)38(35,36)22-23-10-4-1-5-11-23/h1,4-5,10-11,20,24-25H,2-3,6-9,12-19,21-22H2,(H,29,30,34). The molecule has 2 heterocycles. The normalized spacial score (nSPS) is 20.8. The number of carbonyl (C=O) groups excluding carboxylic acids is 1. The van der Waals surface area contributed by atoms with Crippen LogP contribution >= 0.6 is 11.3 Å². The molecule has 38 heavy (non-hydrogen) atoms. The summed E-state index contributed by atoms with van der Waals surface area (Å²) in [5.41, 5.74) is 0.819. The van der Waals surface area contributed by atoms with Gasteiger partial charge in [0.15, 0.2) is 5.13 Å². The largest absolute Gasteiger partial charge is 0.324 e. The molecule has 1 saturated heterocycles. The number of nitrogens with one attached hydrogen (secondary N) is 1. The second-order valence-electron chi connectivity index (χ2n) is 11.0. The third-order valence-electron chi connectivity index (χ3n) is 8.23. The van der Waals surface area contributed by atoms with Crippen LogP contribution in [0.5, 0.6) is 0 Å². The molecule has 1 aromatic carbocycles. The zero-order valence-electron chi connectivity index (χ0n) is 22.3. The number of urea groups is 1. The highest BCUT2D eigenvalue weighted by atomic mass is 32.2. The monoisotopic (exact) mass is 559 g/mol. The van der Waals surface area contributed by atoms with Crippen molar-refractivity contribution in [3.63, 3.8) is 0 Å². The van der Waals surface area contributed by atoms with E-state index in [-0.39, 0.29) is 11.8 Å². The summed E-state index contributed by atoms with van der Waals surface area (Å²) < 4.78 is 27.3. The van der Waals surface area contributed by atoms with Crippen LogP contribution < -0.4 is 5.32 Å². The van der Waals surface area contributed by atoms with E-state index < -0.39 is 10.0 Å². The zero-order chi connectivity index (χ0) is 26.4. The molecule has 208 valence electrons. The number of sulfonamides is 1. The highest BCUT2D eigenvalue weighted by molar-refractivity contribution is 7.88. The van der Waals surface area contributed by atoms with Gasteiger partial charge in [-0.05, 0) is 31.2 Å². The van der Waals surface area contributed by atoms with E-state index in [1.165, 1.54) is 49.9 Å². The van der Waals surface area contributed by atoms with Crippen LogP contribution in [0.15, 0.2) is 36.5 Å². The summed E-state index contributed by atoms with van der Waals surface area (Å²) in [7, 11) is -3.32. The SMILES string of the molecule is O=C(Nc1ncc(CN2CCN(S(=O)(=O)Cc3ccccc3)CC2)s1)N(C1CCCCC1)C1CCCCC1. The van der Waals surface area contributed by atoms with E-state index in [0.29, 0.717) is 43.4 Å². The summed E-state index contributed by atoms with van der Waals surface area (Å²) in [4.78, 5) is 23.5. The maximum absolute atomic E-state index is 13.5. The van der Waals surface area contributed by atoms with Crippen LogP contribution in [0.3, 0.4) is 0 Å². The maximum Gasteiger partial charge on any atom is 0.324 e. The average Bonchev–Trinajstić information content (AvgIpc) is 3.37. The van der Waals surface area contributed by atoms with Gasteiger partial charge in [0.2, 0.25) is 10.0 Å². The fraction of sp³-hybridized carbons (Fsp3) is 0.643. The number of thiazole rings is 1.